The number of nitrogens with one attached hydrogen (secondary N) is 1. The molecule has 0 atom stereocenters. The maximum absolute atomic E-state index is 11.7. The van der Waals surface area contributed by atoms with Gasteiger partial charge >= 0.3 is 10.1 Å². The number of halogens is 3. The fourth-order valence-corrected chi connectivity index (χ4v) is 4.48. The highest BCUT2D eigenvalue weighted by atomic mass is 79.9. The van der Waals surface area contributed by atoms with Gasteiger partial charge in [0.25, 0.3) is 5.91 Å². The Kier molecular flexibility index (Phi) is 6.79. The van der Waals surface area contributed by atoms with E-state index in [1.54, 1.807) is 12.1 Å². The van der Waals surface area contributed by atoms with Gasteiger partial charge in [0.1, 0.15) is 11.5 Å². The Labute approximate surface area is 167 Å². The van der Waals surface area contributed by atoms with E-state index in [1.165, 1.54) is 6.07 Å². The van der Waals surface area contributed by atoms with Gasteiger partial charge < -0.3 is 9.15 Å². The molecular weight excluding hydrogens is 552 g/mol. The van der Waals surface area contributed by atoms with Crippen LogP contribution in [0.5, 0.6) is 5.75 Å². The van der Waals surface area contributed by atoms with Crippen LogP contribution in [0.15, 0.2) is 52.3 Å². The second-order valence-electron chi connectivity index (χ2n) is 4.41. The number of rotatable bonds is 6. The third kappa shape index (κ3) is 5.92. The Morgan fingerprint density at radius 3 is 2.48 bits per heavy atom. The summed E-state index contributed by atoms with van der Waals surface area (Å²) in [4.78, 5) is 11.7. The molecule has 2 N–H and O–H groups in total. The molecule has 1 aromatic heterocycles. The number of amides is 1. The molecule has 0 radical (unpaired) electrons. The summed E-state index contributed by atoms with van der Waals surface area (Å²) in [5.74, 6) is -0.0575. The van der Waals surface area contributed by atoms with Crippen LogP contribution in [0.1, 0.15) is 5.76 Å². The van der Waals surface area contributed by atoms with Gasteiger partial charge in [-0.1, -0.05) is 15.9 Å². The van der Waals surface area contributed by atoms with Crippen molar-refractivity contribution in [2.75, 3.05) is 6.61 Å². The minimum absolute atomic E-state index is 0.0345. The Hall–Kier alpha value is -1.21. The minimum atomic E-state index is -4.42. The second kappa shape index (κ2) is 8.45. The quantitative estimate of drug-likeness (QED) is 0.318. The van der Waals surface area contributed by atoms with Gasteiger partial charge in [-0.15, -0.1) is 0 Å². The molecule has 0 saturated carbocycles. The third-order valence-corrected chi connectivity index (χ3v) is 4.91. The van der Waals surface area contributed by atoms with Crippen molar-refractivity contribution < 1.29 is 26.9 Å². The second-order valence-corrected chi connectivity index (χ2v) is 8.39. The average molecular weight is 561 g/mol. The molecule has 0 bridgehead atoms. The summed E-state index contributed by atoms with van der Waals surface area (Å²) in [7, 11) is -4.42. The van der Waals surface area contributed by atoms with Gasteiger partial charge in [-0.3, -0.25) is 9.35 Å². The number of carbonyl (C=O) groups is 1. The van der Waals surface area contributed by atoms with Crippen molar-refractivity contribution in [2.45, 2.75) is 5.09 Å². The fourth-order valence-electron chi connectivity index (χ4n) is 1.55. The van der Waals surface area contributed by atoms with Crippen LogP contribution >= 0.6 is 47.8 Å². The van der Waals surface area contributed by atoms with Crippen LogP contribution in [0.2, 0.25) is 0 Å². The first kappa shape index (κ1) is 20.1. The Morgan fingerprint density at radius 1 is 1.28 bits per heavy atom. The topological polar surface area (TPSA) is 118 Å². The Morgan fingerprint density at radius 2 is 1.92 bits per heavy atom. The van der Waals surface area contributed by atoms with Crippen molar-refractivity contribution in [3.8, 4) is 5.75 Å². The molecule has 0 aliphatic carbocycles. The van der Waals surface area contributed by atoms with Crippen LogP contribution in [-0.2, 0) is 14.9 Å². The van der Waals surface area contributed by atoms with E-state index in [2.05, 4.69) is 58.3 Å². The van der Waals surface area contributed by atoms with E-state index in [1.807, 2.05) is 0 Å². The van der Waals surface area contributed by atoms with E-state index >= 15 is 0 Å². The van der Waals surface area contributed by atoms with E-state index in [-0.39, 0.29) is 12.4 Å². The lowest BCUT2D eigenvalue weighted by molar-refractivity contribution is -0.123. The van der Waals surface area contributed by atoms with Crippen LogP contribution in [0, 0.1) is 0 Å². The molecule has 0 saturated heterocycles. The van der Waals surface area contributed by atoms with E-state index in [4.69, 9.17) is 13.7 Å². The number of carbonyl (C=O) groups excluding carboxylic acids is 1. The lowest BCUT2D eigenvalue weighted by atomic mass is 10.3. The highest BCUT2D eigenvalue weighted by Crippen LogP contribution is 2.36. The van der Waals surface area contributed by atoms with Gasteiger partial charge in [0, 0.05) is 4.47 Å². The summed E-state index contributed by atoms with van der Waals surface area (Å²) < 4.78 is 42.8. The SMILES string of the molecule is O=C(COc1c(Br)cc(Br)cc1Br)N/N=C\c1ccc(S(=O)(=O)O)o1. The predicted molar refractivity (Wildman–Crippen MR) is 99.3 cm³/mol. The van der Waals surface area contributed by atoms with Gasteiger partial charge in [0.15, 0.2) is 6.61 Å². The molecule has 12 heteroatoms. The monoisotopic (exact) mass is 558 g/mol. The molecule has 0 fully saturated rings. The summed E-state index contributed by atoms with van der Waals surface area (Å²) in [6.07, 6.45) is 1.08. The van der Waals surface area contributed by atoms with Crippen molar-refractivity contribution in [1.29, 1.82) is 0 Å². The number of hydrogen-bond donors (Lipinski definition) is 2. The van der Waals surface area contributed by atoms with E-state index in [9.17, 15) is 13.2 Å². The molecule has 1 aromatic carbocycles. The minimum Gasteiger partial charge on any atom is -0.481 e. The Balaban J connectivity index is 1.90. The lowest BCUT2D eigenvalue weighted by Gasteiger charge is -2.09. The first-order valence-corrected chi connectivity index (χ1v) is 10.2. The molecule has 0 aliphatic heterocycles. The van der Waals surface area contributed by atoms with Gasteiger partial charge in [-0.05, 0) is 56.1 Å². The molecule has 0 spiro atoms. The van der Waals surface area contributed by atoms with Crippen molar-refractivity contribution in [3.63, 3.8) is 0 Å². The number of hydrogen-bond acceptors (Lipinski definition) is 6. The molecule has 0 aliphatic rings. The van der Waals surface area contributed by atoms with Crippen molar-refractivity contribution in [2.24, 2.45) is 5.10 Å². The maximum Gasteiger partial charge on any atom is 0.328 e. The third-order valence-electron chi connectivity index (χ3n) is 2.55. The van der Waals surface area contributed by atoms with Gasteiger partial charge in [-0.25, -0.2) is 5.43 Å². The summed E-state index contributed by atoms with van der Waals surface area (Å²) in [5, 5.41) is 2.99. The first-order valence-electron chi connectivity index (χ1n) is 6.33. The van der Waals surface area contributed by atoms with Crippen LogP contribution in [0.4, 0.5) is 0 Å². The highest BCUT2D eigenvalue weighted by Gasteiger charge is 2.14. The number of hydrazone groups is 1. The van der Waals surface area contributed by atoms with Gasteiger partial charge in [-0.2, -0.15) is 13.5 Å². The lowest BCUT2D eigenvalue weighted by Crippen LogP contribution is -2.24. The van der Waals surface area contributed by atoms with Crippen LogP contribution in [0.3, 0.4) is 0 Å². The van der Waals surface area contributed by atoms with Crippen molar-refractivity contribution in [3.05, 3.63) is 43.4 Å². The number of benzene rings is 1. The molecule has 1 amide bonds. The average Bonchev–Trinajstić information content (AvgIpc) is 2.95. The molecule has 2 rings (SSSR count). The molecule has 8 nitrogen and oxygen atoms in total. The highest BCUT2D eigenvalue weighted by molar-refractivity contribution is 9.11. The largest absolute Gasteiger partial charge is 0.481 e. The zero-order valence-electron chi connectivity index (χ0n) is 12.1. The van der Waals surface area contributed by atoms with E-state index < -0.39 is 21.1 Å². The molecular formula is C13H9Br3N2O6S. The zero-order chi connectivity index (χ0) is 18.6. The molecule has 0 unspecified atom stereocenters. The fraction of sp³-hybridized carbons (Fsp3) is 0.0769. The van der Waals surface area contributed by atoms with Crippen molar-refractivity contribution >= 4 is 70.0 Å². The van der Waals surface area contributed by atoms with E-state index in [0.29, 0.717) is 14.7 Å². The summed E-state index contributed by atoms with van der Waals surface area (Å²) in [5.41, 5.74) is 2.19. The number of nitrogens with zero attached hydrogens (tertiary/aromatic N) is 1. The van der Waals surface area contributed by atoms with Crippen LogP contribution in [-0.4, -0.2) is 31.7 Å². The van der Waals surface area contributed by atoms with Crippen molar-refractivity contribution in [1.82, 2.24) is 5.43 Å². The zero-order valence-corrected chi connectivity index (χ0v) is 17.6. The first-order chi connectivity index (χ1) is 11.7. The van der Waals surface area contributed by atoms with E-state index in [0.717, 1.165) is 16.8 Å². The van der Waals surface area contributed by atoms with Crippen LogP contribution in [0.25, 0.3) is 0 Å². The number of furan rings is 1. The number of ether oxygens (including phenoxy) is 1. The van der Waals surface area contributed by atoms with Gasteiger partial charge in [0.05, 0.1) is 15.2 Å². The maximum atomic E-state index is 11.7. The summed E-state index contributed by atoms with van der Waals surface area (Å²) in [6.45, 7) is -0.301. The van der Waals surface area contributed by atoms with Gasteiger partial charge in [0.2, 0.25) is 5.09 Å². The smallest absolute Gasteiger partial charge is 0.328 e. The normalized spacial score (nSPS) is 11.7. The summed E-state index contributed by atoms with van der Waals surface area (Å²) in [6, 6.07) is 5.86. The summed E-state index contributed by atoms with van der Waals surface area (Å²) >= 11 is 9.96. The molecule has 1 heterocycles. The predicted octanol–water partition coefficient (Wildman–Crippen LogP) is 3.34. The van der Waals surface area contributed by atoms with Crippen LogP contribution < -0.4 is 10.2 Å². The molecule has 134 valence electrons. The standard InChI is InChI=1S/C13H9Br3N2O6S/c14-7-3-9(15)13(10(16)4-7)23-6-11(19)18-17-5-8-1-2-12(24-8)25(20,21)22/h1-5H,6H2,(H,18,19)(H,20,21,22)/b17-5-. The molecule has 2 aromatic rings. The molecule has 25 heavy (non-hydrogen) atoms. The Bertz CT molecular complexity index is 903.